The average Bonchev–Trinajstić information content (AvgIpc) is 2.23. The summed E-state index contributed by atoms with van der Waals surface area (Å²) >= 11 is 3.37. The molecule has 21 heavy (non-hydrogen) atoms. The first-order valence-corrected chi connectivity index (χ1v) is 8.71. The Morgan fingerprint density at radius 1 is 1.00 bits per heavy atom. The van der Waals surface area contributed by atoms with Gasteiger partial charge in [-0.1, -0.05) is 15.9 Å². The maximum absolute atomic E-state index is 12.6. The first kappa shape index (κ1) is 16.0. The monoisotopic (exact) mass is 368 g/mol. The van der Waals surface area contributed by atoms with E-state index in [1.165, 1.54) is 0 Å². The van der Waals surface area contributed by atoms with Crippen LogP contribution in [0.5, 0.6) is 0 Å². The standard InChI is InChI=1S/C15H17BrN2O2S/c1-9-5-12(4)17-14(6-9)18-21(19,20)15-10(2)7-13(16)8-11(15)3/h5-8H,1-4H3,(H,17,18). The van der Waals surface area contributed by atoms with E-state index in [0.717, 1.165) is 15.7 Å². The van der Waals surface area contributed by atoms with Gasteiger partial charge in [-0.25, -0.2) is 13.4 Å². The van der Waals surface area contributed by atoms with Crippen LogP contribution in [0, 0.1) is 27.7 Å². The molecule has 6 heteroatoms. The van der Waals surface area contributed by atoms with Crippen molar-refractivity contribution in [3.05, 3.63) is 51.1 Å². The summed E-state index contributed by atoms with van der Waals surface area (Å²) in [4.78, 5) is 4.52. The van der Waals surface area contributed by atoms with Crippen molar-refractivity contribution in [1.29, 1.82) is 0 Å². The molecule has 0 atom stereocenters. The fraction of sp³-hybridized carbons (Fsp3) is 0.267. The molecule has 0 unspecified atom stereocenters. The Kier molecular flexibility index (Phi) is 4.39. The number of aryl methyl sites for hydroxylation is 4. The summed E-state index contributed by atoms with van der Waals surface area (Å²) in [6.07, 6.45) is 0. The molecule has 2 aromatic rings. The van der Waals surface area contributed by atoms with Gasteiger partial charge in [-0.3, -0.25) is 4.72 Å². The Morgan fingerprint density at radius 2 is 1.57 bits per heavy atom. The Morgan fingerprint density at radius 3 is 2.10 bits per heavy atom. The van der Waals surface area contributed by atoms with Gasteiger partial charge in [0.15, 0.2) is 0 Å². The van der Waals surface area contributed by atoms with Crippen LogP contribution in [0.2, 0.25) is 0 Å². The molecule has 0 spiro atoms. The van der Waals surface area contributed by atoms with Crippen molar-refractivity contribution in [3.8, 4) is 0 Å². The van der Waals surface area contributed by atoms with E-state index in [0.29, 0.717) is 21.8 Å². The third-order valence-corrected chi connectivity index (χ3v) is 5.15. The molecule has 1 aromatic heterocycles. The number of pyridine rings is 1. The van der Waals surface area contributed by atoms with Gasteiger partial charge in [0, 0.05) is 10.2 Å². The summed E-state index contributed by atoms with van der Waals surface area (Å²) in [6.45, 7) is 7.30. The highest BCUT2D eigenvalue weighted by molar-refractivity contribution is 9.10. The van der Waals surface area contributed by atoms with Crippen molar-refractivity contribution in [3.63, 3.8) is 0 Å². The molecule has 0 fully saturated rings. The lowest BCUT2D eigenvalue weighted by molar-refractivity contribution is 0.600. The van der Waals surface area contributed by atoms with Crippen LogP contribution in [0.25, 0.3) is 0 Å². The molecule has 0 saturated carbocycles. The van der Waals surface area contributed by atoms with Crippen LogP contribution in [0.1, 0.15) is 22.4 Å². The minimum Gasteiger partial charge on any atom is -0.263 e. The number of benzene rings is 1. The molecule has 1 heterocycles. The average molecular weight is 369 g/mol. The number of rotatable bonds is 3. The zero-order valence-electron chi connectivity index (χ0n) is 12.4. The fourth-order valence-electron chi connectivity index (χ4n) is 2.40. The van der Waals surface area contributed by atoms with Crippen molar-refractivity contribution < 1.29 is 8.42 Å². The highest BCUT2D eigenvalue weighted by atomic mass is 79.9. The van der Waals surface area contributed by atoms with Crippen LogP contribution in [0.3, 0.4) is 0 Å². The van der Waals surface area contributed by atoms with E-state index in [-0.39, 0.29) is 0 Å². The summed E-state index contributed by atoms with van der Waals surface area (Å²) in [7, 11) is -3.66. The van der Waals surface area contributed by atoms with Crippen LogP contribution < -0.4 is 4.72 Å². The molecule has 1 N–H and O–H groups in total. The number of aromatic nitrogens is 1. The summed E-state index contributed by atoms with van der Waals surface area (Å²) in [6, 6.07) is 7.19. The van der Waals surface area contributed by atoms with E-state index >= 15 is 0 Å². The number of hydrogen-bond donors (Lipinski definition) is 1. The van der Waals surface area contributed by atoms with E-state index in [4.69, 9.17) is 0 Å². The zero-order chi connectivity index (χ0) is 15.8. The molecule has 0 aliphatic carbocycles. The van der Waals surface area contributed by atoms with Gasteiger partial charge in [-0.15, -0.1) is 0 Å². The number of hydrogen-bond acceptors (Lipinski definition) is 3. The third-order valence-electron chi connectivity index (χ3n) is 3.03. The van der Waals surface area contributed by atoms with Gasteiger partial charge in [0.05, 0.1) is 4.90 Å². The zero-order valence-corrected chi connectivity index (χ0v) is 14.8. The van der Waals surface area contributed by atoms with Gasteiger partial charge < -0.3 is 0 Å². The van der Waals surface area contributed by atoms with E-state index in [2.05, 4.69) is 25.6 Å². The lowest BCUT2D eigenvalue weighted by Crippen LogP contribution is -2.17. The maximum atomic E-state index is 12.6. The number of nitrogens with one attached hydrogen (secondary N) is 1. The van der Waals surface area contributed by atoms with E-state index in [1.54, 1.807) is 32.0 Å². The quantitative estimate of drug-likeness (QED) is 0.893. The lowest BCUT2D eigenvalue weighted by Gasteiger charge is -2.13. The van der Waals surface area contributed by atoms with Crippen molar-refractivity contribution in [1.82, 2.24) is 4.98 Å². The van der Waals surface area contributed by atoms with Gasteiger partial charge in [-0.2, -0.15) is 0 Å². The van der Waals surface area contributed by atoms with Crippen molar-refractivity contribution in [2.75, 3.05) is 4.72 Å². The SMILES string of the molecule is Cc1cc(C)nc(NS(=O)(=O)c2c(C)cc(Br)cc2C)c1. The van der Waals surface area contributed by atoms with Gasteiger partial charge >= 0.3 is 0 Å². The molecular weight excluding hydrogens is 352 g/mol. The number of nitrogens with zero attached hydrogens (tertiary/aromatic N) is 1. The number of sulfonamides is 1. The predicted octanol–water partition coefficient (Wildman–Crippen LogP) is 3.88. The molecule has 0 saturated heterocycles. The molecule has 112 valence electrons. The number of halogens is 1. The van der Waals surface area contributed by atoms with Crippen molar-refractivity contribution >= 4 is 31.8 Å². The van der Waals surface area contributed by atoms with Gasteiger partial charge in [0.25, 0.3) is 10.0 Å². The summed E-state index contributed by atoms with van der Waals surface area (Å²) in [5, 5.41) is 0. The topological polar surface area (TPSA) is 59.1 Å². The largest absolute Gasteiger partial charge is 0.263 e. The molecule has 0 aliphatic rings. The Bertz CT molecular complexity index is 758. The summed E-state index contributed by atoms with van der Waals surface area (Å²) in [5.74, 6) is 0.342. The van der Waals surface area contributed by atoms with Crippen molar-refractivity contribution in [2.45, 2.75) is 32.6 Å². The first-order valence-electron chi connectivity index (χ1n) is 6.44. The highest BCUT2D eigenvalue weighted by Gasteiger charge is 2.20. The second-order valence-corrected chi connectivity index (χ2v) is 7.68. The van der Waals surface area contributed by atoms with E-state index in [1.807, 2.05) is 19.9 Å². The van der Waals surface area contributed by atoms with Crippen LogP contribution in [0.4, 0.5) is 5.82 Å². The fourth-order valence-corrected chi connectivity index (χ4v) is 4.54. The second kappa shape index (κ2) is 5.77. The van der Waals surface area contributed by atoms with Gasteiger partial charge in [0.2, 0.25) is 0 Å². The Hall–Kier alpha value is -1.40. The Labute approximate surface area is 133 Å². The van der Waals surface area contributed by atoms with Crippen LogP contribution in [-0.4, -0.2) is 13.4 Å². The minimum absolute atomic E-state index is 0.298. The summed E-state index contributed by atoms with van der Waals surface area (Å²) in [5.41, 5.74) is 3.12. The Balaban J connectivity index is 2.48. The van der Waals surface area contributed by atoms with Crippen LogP contribution in [0.15, 0.2) is 33.6 Å². The van der Waals surface area contributed by atoms with E-state index in [9.17, 15) is 8.42 Å². The van der Waals surface area contributed by atoms with Crippen LogP contribution >= 0.6 is 15.9 Å². The van der Waals surface area contributed by atoms with Crippen LogP contribution in [-0.2, 0) is 10.0 Å². The molecular formula is C15H17BrN2O2S. The minimum atomic E-state index is -3.66. The van der Waals surface area contributed by atoms with Gasteiger partial charge in [0.1, 0.15) is 5.82 Å². The predicted molar refractivity (Wildman–Crippen MR) is 88.1 cm³/mol. The van der Waals surface area contributed by atoms with E-state index < -0.39 is 10.0 Å². The smallest absolute Gasteiger partial charge is 0.263 e. The second-order valence-electron chi connectivity index (χ2n) is 5.15. The lowest BCUT2D eigenvalue weighted by atomic mass is 10.2. The summed E-state index contributed by atoms with van der Waals surface area (Å²) < 4.78 is 28.6. The highest BCUT2D eigenvalue weighted by Crippen LogP contribution is 2.26. The molecule has 0 aliphatic heterocycles. The van der Waals surface area contributed by atoms with Gasteiger partial charge in [-0.05, 0) is 68.7 Å². The third kappa shape index (κ3) is 3.63. The van der Waals surface area contributed by atoms with Crippen molar-refractivity contribution in [2.24, 2.45) is 0 Å². The normalized spacial score (nSPS) is 11.5. The first-order chi connectivity index (χ1) is 9.69. The molecule has 4 nitrogen and oxygen atoms in total. The molecule has 1 aromatic carbocycles. The molecule has 0 amide bonds. The number of anilines is 1. The molecule has 0 bridgehead atoms. The maximum Gasteiger partial charge on any atom is 0.263 e. The molecule has 0 radical (unpaired) electrons. The molecule has 2 rings (SSSR count).